The van der Waals surface area contributed by atoms with Gasteiger partial charge in [0.2, 0.25) is 0 Å². The second-order valence-corrected chi connectivity index (χ2v) is 7.48. The van der Waals surface area contributed by atoms with Crippen molar-refractivity contribution in [3.63, 3.8) is 0 Å². The van der Waals surface area contributed by atoms with E-state index in [-0.39, 0.29) is 17.7 Å². The second kappa shape index (κ2) is 8.97. The number of ether oxygens (including phenoxy) is 1. The van der Waals surface area contributed by atoms with E-state index in [1.165, 1.54) is 30.6 Å². The molecule has 0 saturated heterocycles. The predicted molar refractivity (Wildman–Crippen MR) is 106 cm³/mol. The van der Waals surface area contributed by atoms with Crippen LogP contribution in [0.2, 0.25) is 0 Å². The van der Waals surface area contributed by atoms with Crippen LogP contribution in [0.25, 0.3) is 15.9 Å². The number of fused-ring (bicyclic) bond motifs is 1. The van der Waals surface area contributed by atoms with Crippen molar-refractivity contribution in [1.29, 1.82) is 0 Å². The van der Waals surface area contributed by atoms with Gasteiger partial charge >= 0.3 is 5.97 Å². The summed E-state index contributed by atoms with van der Waals surface area (Å²) in [4.78, 5) is 25.0. The number of rotatable bonds is 8. The first-order chi connectivity index (χ1) is 13.5. The Hall–Kier alpha value is -2.74. The molecule has 3 aromatic rings. The molecular formula is C20H22FN3O3S. The van der Waals surface area contributed by atoms with Crippen LogP contribution in [0.3, 0.4) is 0 Å². The van der Waals surface area contributed by atoms with Crippen molar-refractivity contribution in [2.45, 2.75) is 32.6 Å². The van der Waals surface area contributed by atoms with Crippen LogP contribution in [0.4, 0.5) is 4.39 Å². The van der Waals surface area contributed by atoms with E-state index in [2.05, 4.69) is 15.2 Å². The minimum atomic E-state index is -0.304. The van der Waals surface area contributed by atoms with Gasteiger partial charge in [0.1, 0.15) is 10.6 Å². The summed E-state index contributed by atoms with van der Waals surface area (Å²) in [6.07, 6.45) is 2.80. The van der Waals surface area contributed by atoms with Crippen molar-refractivity contribution in [1.82, 2.24) is 15.1 Å². The largest absolute Gasteiger partial charge is 0.469 e. The lowest BCUT2D eigenvalue weighted by Gasteiger charge is -2.04. The van der Waals surface area contributed by atoms with Crippen molar-refractivity contribution in [3.8, 4) is 5.69 Å². The molecule has 8 heteroatoms. The lowest BCUT2D eigenvalue weighted by atomic mass is 10.2. The predicted octanol–water partition coefficient (Wildman–Crippen LogP) is 4.00. The van der Waals surface area contributed by atoms with Gasteiger partial charge in [-0.2, -0.15) is 5.10 Å². The summed E-state index contributed by atoms with van der Waals surface area (Å²) in [7, 11) is 1.38. The zero-order valence-electron chi connectivity index (χ0n) is 15.8. The van der Waals surface area contributed by atoms with Crippen LogP contribution in [-0.4, -0.2) is 35.3 Å². The van der Waals surface area contributed by atoms with E-state index in [9.17, 15) is 14.0 Å². The topological polar surface area (TPSA) is 73.2 Å². The van der Waals surface area contributed by atoms with E-state index in [0.29, 0.717) is 17.8 Å². The number of unbranched alkanes of at least 4 members (excludes halogenated alkanes) is 2. The van der Waals surface area contributed by atoms with E-state index < -0.39 is 0 Å². The molecule has 1 N–H and O–H groups in total. The molecule has 148 valence electrons. The number of methoxy groups -OCH3 is 1. The molecule has 0 atom stereocenters. The van der Waals surface area contributed by atoms with Gasteiger partial charge in [-0.1, -0.05) is 6.42 Å². The molecule has 3 rings (SSSR count). The minimum Gasteiger partial charge on any atom is -0.469 e. The summed E-state index contributed by atoms with van der Waals surface area (Å²) < 4.78 is 19.5. The quantitative estimate of drug-likeness (QED) is 0.456. The molecule has 1 amide bonds. The zero-order chi connectivity index (χ0) is 20.1. The van der Waals surface area contributed by atoms with Gasteiger partial charge in [0, 0.05) is 18.4 Å². The van der Waals surface area contributed by atoms with Crippen LogP contribution in [0.5, 0.6) is 0 Å². The number of carbonyl (C=O) groups excluding carboxylic acids is 2. The van der Waals surface area contributed by atoms with Crippen molar-refractivity contribution in [3.05, 3.63) is 46.7 Å². The number of carbonyl (C=O) groups is 2. The molecule has 2 aromatic heterocycles. The number of aromatic nitrogens is 2. The number of thiophene rings is 1. The number of nitrogens with zero attached hydrogens (tertiary/aromatic N) is 2. The molecule has 6 nitrogen and oxygen atoms in total. The Morgan fingerprint density at radius 2 is 1.96 bits per heavy atom. The molecular weight excluding hydrogens is 381 g/mol. The van der Waals surface area contributed by atoms with Gasteiger partial charge in [-0.15, -0.1) is 11.3 Å². The normalized spacial score (nSPS) is 11.0. The lowest BCUT2D eigenvalue weighted by molar-refractivity contribution is -0.140. The van der Waals surface area contributed by atoms with E-state index in [4.69, 9.17) is 0 Å². The first kappa shape index (κ1) is 20.0. The fourth-order valence-corrected chi connectivity index (χ4v) is 3.98. The first-order valence-corrected chi connectivity index (χ1v) is 9.91. The van der Waals surface area contributed by atoms with Crippen molar-refractivity contribution in [2.24, 2.45) is 0 Å². The first-order valence-electron chi connectivity index (χ1n) is 9.09. The van der Waals surface area contributed by atoms with Crippen LogP contribution >= 0.6 is 11.3 Å². The summed E-state index contributed by atoms with van der Waals surface area (Å²) in [5.74, 6) is -0.638. The van der Waals surface area contributed by atoms with Crippen molar-refractivity contribution in [2.75, 3.05) is 13.7 Å². The van der Waals surface area contributed by atoms with Gasteiger partial charge in [-0.05, 0) is 50.1 Å². The third-order valence-electron chi connectivity index (χ3n) is 4.41. The summed E-state index contributed by atoms with van der Waals surface area (Å²) in [6.45, 7) is 2.44. The maximum atomic E-state index is 13.2. The summed E-state index contributed by atoms with van der Waals surface area (Å²) in [5.41, 5.74) is 1.57. The fraction of sp³-hybridized carbons (Fsp3) is 0.350. The highest BCUT2D eigenvalue weighted by molar-refractivity contribution is 7.20. The summed E-state index contributed by atoms with van der Waals surface area (Å²) in [6, 6.07) is 7.94. The monoisotopic (exact) mass is 403 g/mol. The van der Waals surface area contributed by atoms with E-state index in [1.54, 1.807) is 16.8 Å². The summed E-state index contributed by atoms with van der Waals surface area (Å²) >= 11 is 1.36. The van der Waals surface area contributed by atoms with Crippen LogP contribution in [0.15, 0.2) is 30.3 Å². The smallest absolute Gasteiger partial charge is 0.305 e. The zero-order valence-corrected chi connectivity index (χ0v) is 16.6. The molecule has 0 radical (unpaired) electrons. The number of nitrogens with one attached hydrogen (secondary N) is 1. The van der Waals surface area contributed by atoms with Gasteiger partial charge in [0.25, 0.3) is 5.91 Å². The van der Waals surface area contributed by atoms with Crippen LogP contribution in [0.1, 0.15) is 41.0 Å². The highest BCUT2D eigenvalue weighted by Crippen LogP contribution is 2.30. The van der Waals surface area contributed by atoms with Crippen LogP contribution in [0, 0.1) is 12.7 Å². The van der Waals surface area contributed by atoms with E-state index in [0.717, 1.165) is 40.9 Å². The van der Waals surface area contributed by atoms with Crippen molar-refractivity contribution >= 4 is 33.4 Å². The highest BCUT2D eigenvalue weighted by Gasteiger charge is 2.17. The molecule has 0 saturated carbocycles. The fourth-order valence-electron chi connectivity index (χ4n) is 2.88. The van der Waals surface area contributed by atoms with Gasteiger partial charge in [-0.25, -0.2) is 9.07 Å². The Morgan fingerprint density at radius 1 is 1.21 bits per heavy atom. The lowest BCUT2D eigenvalue weighted by Crippen LogP contribution is -2.23. The van der Waals surface area contributed by atoms with Crippen LogP contribution in [-0.2, 0) is 9.53 Å². The minimum absolute atomic E-state index is 0.126. The van der Waals surface area contributed by atoms with E-state index >= 15 is 0 Å². The standard InChI is InChI=1S/C20H22FN3O3S/c1-13-16-12-17(19(26)22-11-5-3-4-6-18(25)27-2)28-20(16)24(23-13)15-9-7-14(21)8-10-15/h7-10,12H,3-6,11H2,1-2H3,(H,22,26). The Balaban J connectivity index is 1.62. The Labute approximate surface area is 166 Å². The average Bonchev–Trinajstić information content (AvgIpc) is 3.25. The van der Waals surface area contributed by atoms with Crippen LogP contribution < -0.4 is 5.32 Å². The molecule has 2 heterocycles. The molecule has 0 unspecified atom stereocenters. The highest BCUT2D eigenvalue weighted by atomic mass is 32.1. The van der Waals surface area contributed by atoms with Gasteiger partial charge in [0.15, 0.2) is 0 Å². The van der Waals surface area contributed by atoms with E-state index in [1.807, 2.05) is 13.0 Å². The molecule has 0 fully saturated rings. The molecule has 0 bridgehead atoms. The molecule has 0 aliphatic carbocycles. The SMILES string of the molecule is COC(=O)CCCCCNC(=O)c1cc2c(C)nn(-c3ccc(F)cc3)c2s1. The molecule has 0 spiro atoms. The maximum absolute atomic E-state index is 13.2. The van der Waals surface area contributed by atoms with Crippen molar-refractivity contribution < 1.29 is 18.7 Å². The third kappa shape index (κ3) is 4.56. The second-order valence-electron chi connectivity index (χ2n) is 6.45. The molecule has 28 heavy (non-hydrogen) atoms. The number of hydrogen-bond donors (Lipinski definition) is 1. The Bertz CT molecular complexity index is 979. The summed E-state index contributed by atoms with van der Waals surface area (Å²) in [5, 5.41) is 8.33. The number of aryl methyl sites for hydroxylation is 1. The third-order valence-corrected chi connectivity index (χ3v) is 5.52. The van der Waals surface area contributed by atoms with Gasteiger partial charge in [0.05, 0.1) is 23.4 Å². The number of amides is 1. The Kier molecular flexibility index (Phi) is 6.41. The number of esters is 1. The molecule has 0 aliphatic heterocycles. The maximum Gasteiger partial charge on any atom is 0.305 e. The Morgan fingerprint density at radius 3 is 2.68 bits per heavy atom. The number of halogens is 1. The van der Waals surface area contributed by atoms with Gasteiger partial charge in [-0.3, -0.25) is 9.59 Å². The number of hydrogen-bond acceptors (Lipinski definition) is 5. The van der Waals surface area contributed by atoms with Gasteiger partial charge < -0.3 is 10.1 Å². The molecule has 0 aliphatic rings. The molecule has 1 aromatic carbocycles. The average molecular weight is 403 g/mol. The number of benzene rings is 1.